The van der Waals surface area contributed by atoms with E-state index in [1.165, 1.54) is 38.2 Å². The zero-order valence-electron chi connectivity index (χ0n) is 27.6. The number of allylic oxidation sites excluding steroid dienone is 1. The third-order valence-corrected chi connectivity index (χ3v) is 10.4. The normalized spacial score (nSPS) is 12.7. The van der Waals surface area contributed by atoms with Gasteiger partial charge in [-0.3, -0.25) is 13.7 Å². The van der Waals surface area contributed by atoms with Crippen molar-refractivity contribution in [3.8, 4) is 28.7 Å². The molecule has 0 unspecified atom stereocenters. The molecule has 1 aliphatic rings. The van der Waals surface area contributed by atoms with Gasteiger partial charge in [-0.05, 0) is 55.3 Å². The van der Waals surface area contributed by atoms with Crippen LogP contribution in [-0.2, 0) is 6.42 Å². The van der Waals surface area contributed by atoms with Crippen molar-refractivity contribution in [1.82, 2.24) is 23.7 Å². The van der Waals surface area contributed by atoms with Gasteiger partial charge in [-0.2, -0.15) is 9.97 Å². The quantitative estimate of drug-likeness (QED) is 0.190. The van der Waals surface area contributed by atoms with E-state index in [4.69, 9.17) is 9.97 Å². The van der Waals surface area contributed by atoms with Gasteiger partial charge in [0.25, 0.3) is 0 Å². The first-order valence-electron chi connectivity index (χ1n) is 17.4. The van der Waals surface area contributed by atoms with E-state index < -0.39 is 0 Å². The SMILES string of the molecule is c1cccc(-c2c(-n3c4c(c5ccccc53)C=CCC4)nc(-n3c4ccccc4c4ccccc43)nc2-n2c3ccccc3c3ccccc32)c#1. The number of benzene rings is 5. The molecule has 0 aliphatic heterocycles. The molecule has 0 amide bonds. The van der Waals surface area contributed by atoms with Crippen LogP contribution in [0.25, 0.3) is 89.3 Å². The molecule has 4 heterocycles. The molecule has 0 spiro atoms. The van der Waals surface area contributed by atoms with E-state index >= 15 is 0 Å². The summed E-state index contributed by atoms with van der Waals surface area (Å²) in [6, 6.07) is 55.8. The van der Waals surface area contributed by atoms with Gasteiger partial charge in [-0.25, -0.2) is 0 Å². The second-order valence-corrected chi connectivity index (χ2v) is 13.1. The third-order valence-electron chi connectivity index (χ3n) is 10.4. The maximum atomic E-state index is 5.67. The second-order valence-electron chi connectivity index (χ2n) is 13.1. The number of para-hydroxylation sites is 5. The van der Waals surface area contributed by atoms with E-state index in [1.807, 2.05) is 12.1 Å². The number of aromatic nitrogens is 5. The van der Waals surface area contributed by atoms with Crippen molar-refractivity contribution in [3.63, 3.8) is 0 Å². The van der Waals surface area contributed by atoms with E-state index in [2.05, 4.69) is 165 Å². The molecule has 0 radical (unpaired) electrons. The number of nitrogens with zero attached hydrogens (tertiary/aromatic N) is 5. The minimum Gasteiger partial charge on any atom is -0.297 e. The van der Waals surface area contributed by atoms with Gasteiger partial charge >= 0.3 is 0 Å². The van der Waals surface area contributed by atoms with Gasteiger partial charge in [0.1, 0.15) is 0 Å². The lowest BCUT2D eigenvalue weighted by Crippen LogP contribution is -2.14. The molecule has 0 saturated heterocycles. The predicted octanol–water partition coefficient (Wildman–Crippen LogP) is 10.8. The topological polar surface area (TPSA) is 40.6 Å². The molecule has 11 rings (SSSR count). The molecule has 4 aromatic heterocycles. The molecular formula is C46H29N5. The summed E-state index contributed by atoms with van der Waals surface area (Å²) in [6.07, 6.45) is 6.44. The standard InChI is InChI=1S/C46H29N5/c1-2-16-30(17-3-1)43-44(49-37-24-10-4-18-31(37)32-19-5-11-25-38(32)49)47-46(51-41-28-14-8-22-35(41)36-23-9-15-29-42(36)51)48-45(43)50-39-26-12-6-20-33(39)34-21-7-13-27-40(34)50/h1-2,4-12,14-16,18-26,28-29H,13,27H2. The van der Waals surface area contributed by atoms with Crippen molar-refractivity contribution >= 4 is 60.6 Å². The molecule has 0 N–H and O–H groups in total. The van der Waals surface area contributed by atoms with Crippen molar-refractivity contribution in [1.29, 1.82) is 0 Å². The lowest BCUT2D eigenvalue weighted by atomic mass is 10.0. The molecule has 6 aromatic carbocycles. The highest BCUT2D eigenvalue weighted by molar-refractivity contribution is 6.11. The highest BCUT2D eigenvalue weighted by Crippen LogP contribution is 2.42. The van der Waals surface area contributed by atoms with Crippen molar-refractivity contribution in [2.45, 2.75) is 12.8 Å². The van der Waals surface area contributed by atoms with Gasteiger partial charge < -0.3 is 0 Å². The summed E-state index contributed by atoms with van der Waals surface area (Å²) in [6.45, 7) is 0. The van der Waals surface area contributed by atoms with Crippen LogP contribution in [0.5, 0.6) is 0 Å². The lowest BCUT2D eigenvalue weighted by molar-refractivity contribution is 0.851. The van der Waals surface area contributed by atoms with Gasteiger partial charge in [0.2, 0.25) is 5.95 Å². The van der Waals surface area contributed by atoms with Gasteiger partial charge in [-0.15, -0.1) is 0 Å². The molecule has 1 aliphatic carbocycles. The summed E-state index contributed by atoms with van der Waals surface area (Å²) in [4.78, 5) is 11.3. The van der Waals surface area contributed by atoms with Gasteiger partial charge in [-0.1, -0.05) is 121 Å². The Labute approximate surface area is 294 Å². The van der Waals surface area contributed by atoms with Crippen LogP contribution in [0.15, 0.2) is 146 Å². The van der Waals surface area contributed by atoms with Gasteiger partial charge in [0, 0.05) is 43.8 Å². The number of hydrogen-bond acceptors (Lipinski definition) is 2. The van der Waals surface area contributed by atoms with Crippen molar-refractivity contribution in [2.24, 2.45) is 0 Å². The molecule has 10 aromatic rings. The Bertz CT molecular complexity index is 2920. The van der Waals surface area contributed by atoms with E-state index in [0.717, 1.165) is 63.2 Å². The largest absolute Gasteiger partial charge is 0.297 e. The zero-order chi connectivity index (χ0) is 33.5. The lowest BCUT2D eigenvalue weighted by Gasteiger charge is -2.21. The summed E-state index contributed by atoms with van der Waals surface area (Å²) in [5, 5.41) is 5.90. The van der Waals surface area contributed by atoms with Gasteiger partial charge in [0.15, 0.2) is 11.6 Å². The fourth-order valence-electron chi connectivity index (χ4n) is 8.29. The maximum Gasteiger partial charge on any atom is 0.238 e. The smallest absolute Gasteiger partial charge is 0.238 e. The number of rotatable bonds is 4. The van der Waals surface area contributed by atoms with Gasteiger partial charge in [0.05, 0.1) is 33.1 Å². The summed E-state index contributed by atoms with van der Waals surface area (Å²) in [7, 11) is 0. The summed E-state index contributed by atoms with van der Waals surface area (Å²) < 4.78 is 6.94. The molecule has 238 valence electrons. The molecule has 5 heteroatoms. The summed E-state index contributed by atoms with van der Waals surface area (Å²) >= 11 is 0. The second kappa shape index (κ2) is 10.8. The number of hydrogen-bond donors (Lipinski definition) is 0. The van der Waals surface area contributed by atoms with E-state index in [0.29, 0.717) is 5.95 Å². The van der Waals surface area contributed by atoms with Crippen LogP contribution in [-0.4, -0.2) is 23.7 Å². The Hall–Kier alpha value is -6.90. The molecule has 0 atom stereocenters. The highest BCUT2D eigenvalue weighted by Gasteiger charge is 2.28. The Kier molecular flexibility index (Phi) is 5.93. The molecule has 0 fully saturated rings. The van der Waals surface area contributed by atoms with Crippen molar-refractivity contribution in [3.05, 3.63) is 169 Å². The Morgan fingerprint density at radius 1 is 0.490 bits per heavy atom. The van der Waals surface area contributed by atoms with E-state index in [9.17, 15) is 0 Å². The molecular weight excluding hydrogens is 623 g/mol. The Morgan fingerprint density at radius 2 is 0.980 bits per heavy atom. The highest BCUT2D eigenvalue weighted by atomic mass is 15.2. The van der Waals surface area contributed by atoms with Crippen LogP contribution >= 0.6 is 0 Å². The first-order valence-corrected chi connectivity index (χ1v) is 17.4. The summed E-state index contributed by atoms with van der Waals surface area (Å²) in [5.41, 5.74) is 9.70. The fraction of sp³-hybridized carbons (Fsp3) is 0.0435. The van der Waals surface area contributed by atoms with Crippen LogP contribution in [0, 0.1) is 12.1 Å². The molecule has 0 saturated carbocycles. The Morgan fingerprint density at radius 3 is 1.53 bits per heavy atom. The number of fused-ring (bicyclic) bond motifs is 9. The summed E-state index contributed by atoms with van der Waals surface area (Å²) in [5.74, 6) is 2.23. The molecule has 5 nitrogen and oxygen atoms in total. The molecule has 0 bridgehead atoms. The van der Waals surface area contributed by atoms with E-state index in [-0.39, 0.29) is 0 Å². The first-order chi connectivity index (χ1) is 25.3. The van der Waals surface area contributed by atoms with Crippen molar-refractivity contribution in [2.75, 3.05) is 0 Å². The average Bonchev–Trinajstić information content (AvgIpc) is 3.84. The van der Waals surface area contributed by atoms with E-state index in [1.54, 1.807) is 0 Å². The zero-order valence-corrected chi connectivity index (χ0v) is 27.6. The fourth-order valence-corrected chi connectivity index (χ4v) is 8.29. The minimum absolute atomic E-state index is 0.612. The maximum absolute atomic E-state index is 5.67. The minimum atomic E-state index is 0.612. The van der Waals surface area contributed by atoms with Crippen LogP contribution in [0.3, 0.4) is 0 Å². The van der Waals surface area contributed by atoms with Crippen LogP contribution in [0.2, 0.25) is 0 Å². The average molecular weight is 652 g/mol. The van der Waals surface area contributed by atoms with Crippen LogP contribution in [0.1, 0.15) is 17.7 Å². The predicted molar refractivity (Wildman–Crippen MR) is 208 cm³/mol. The molecule has 51 heavy (non-hydrogen) atoms. The first kappa shape index (κ1) is 28.0. The third kappa shape index (κ3) is 3.99. The van der Waals surface area contributed by atoms with Crippen LogP contribution in [0.4, 0.5) is 0 Å². The Balaban J connectivity index is 1.38. The van der Waals surface area contributed by atoms with Crippen LogP contribution < -0.4 is 0 Å². The van der Waals surface area contributed by atoms with Crippen molar-refractivity contribution < 1.29 is 0 Å². The monoisotopic (exact) mass is 651 g/mol.